The molecular weight excluding hydrogens is 212 g/mol. The second-order valence-electron chi connectivity index (χ2n) is 6.11. The van der Waals surface area contributed by atoms with Crippen LogP contribution in [-0.2, 0) is 4.43 Å². The molecule has 1 aliphatic rings. The molecule has 0 radical (unpaired) electrons. The van der Waals surface area contributed by atoms with Crippen LogP contribution in [0.5, 0.6) is 0 Å². The highest BCUT2D eigenvalue weighted by Gasteiger charge is 2.40. The van der Waals surface area contributed by atoms with Gasteiger partial charge in [-0.3, -0.25) is 0 Å². The monoisotopic (exact) mass is 242 g/mol. The second kappa shape index (κ2) is 6.20. The lowest BCUT2D eigenvalue weighted by Crippen LogP contribution is -2.48. The van der Waals surface area contributed by atoms with Crippen molar-refractivity contribution in [3.63, 3.8) is 0 Å². The second-order valence-corrected chi connectivity index (χ2v) is 10.3. The van der Waals surface area contributed by atoms with Gasteiger partial charge in [-0.15, -0.1) is 0 Å². The molecule has 1 fully saturated rings. The van der Waals surface area contributed by atoms with Crippen LogP contribution in [0.25, 0.3) is 0 Å². The van der Waals surface area contributed by atoms with Crippen molar-refractivity contribution >= 4 is 8.32 Å². The fourth-order valence-corrected chi connectivity index (χ4v) is 5.61. The van der Waals surface area contributed by atoms with Crippen molar-refractivity contribution in [1.82, 2.24) is 0 Å². The molecule has 1 heterocycles. The first kappa shape index (κ1) is 14.2. The Morgan fingerprint density at radius 1 is 1.06 bits per heavy atom. The van der Waals surface area contributed by atoms with Crippen molar-refractivity contribution in [3.05, 3.63) is 0 Å². The highest BCUT2D eigenvalue weighted by molar-refractivity contribution is 6.71. The predicted molar refractivity (Wildman–Crippen MR) is 74.4 cm³/mol. The molecular formula is C14H30OSi. The van der Waals surface area contributed by atoms with Crippen LogP contribution in [0.1, 0.15) is 65.2 Å². The third-order valence-corrected chi connectivity index (χ3v) is 6.42. The molecule has 1 nitrogen and oxygen atoms in total. The Labute approximate surface area is 103 Å². The topological polar surface area (TPSA) is 9.23 Å². The fraction of sp³-hybridized carbons (Fsp3) is 1.00. The van der Waals surface area contributed by atoms with E-state index in [4.69, 9.17) is 4.43 Å². The number of hydrogen-bond acceptors (Lipinski definition) is 1. The molecule has 2 heteroatoms. The first-order valence-electron chi connectivity index (χ1n) is 7.24. The molecule has 0 atom stereocenters. The van der Waals surface area contributed by atoms with Gasteiger partial charge in [-0.05, 0) is 38.4 Å². The predicted octanol–water partition coefficient (Wildman–Crippen LogP) is 5.12. The van der Waals surface area contributed by atoms with Gasteiger partial charge in [-0.25, -0.2) is 0 Å². The SMILES string of the molecule is CCCCC1(CCCC)CCC[Si](C)(C)O1. The van der Waals surface area contributed by atoms with Crippen molar-refractivity contribution in [2.24, 2.45) is 0 Å². The fourth-order valence-electron chi connectivity index (χ4n) is 3.00. The quantitative estimate of drug-likeness (QED) is 0.587. The molecule has 0 aliphatic carbocycles. The van der Waals surface area contributed by atoms with Gasteiger partial charge in [0, 0.05) is 0 Å². The summed E-state index contributed by atoms with van der Waals surface area (Å²) in [5.41, 5.74) is 0.278. The van der Waals surface area contributed by atoms with E-state index in [1.165, 1.54) is 57.4 Å². The lowest BCUT2D eigenvalue weighted by Gasteiger charge is -2.45. The highest BCUT2D eigenvalue weighted by atomic mass is 28.4. The van der Waals surface area contributed by atoms with Gasteiger partial charge in [0.1, 0.15) is 0 Å². The van der Waals surface area contributed by atoms with Crippen LogP contribution >= 0.6 is 0 Å². The molecule has 1 saturated heterocycles. The standard InChI is InChI=1S/C14H30OSi/c1-5-7-10-14(11-8-6-2)12-9-13-16(3,4)15-14/h5-13H2,1-4H3. The minimum atomic E-state index is -1.33. The number of rotatable bonds is 6. The zero-order valence-corrected chi connectivity index (χ0v) is 12.8. The van der Waals surface area contributed by atoms with E-state index in [1.807, 2.05) is 0 Å². The first-order valence-corrected chi connectivity index (χ1v) is 10.4. The molecule has 0 amide bonds. The molecule has 96 valence electrons. The Morgan fingerprint density at radius 3 is 2.06 bits per heavy atom. The molecule has 0 bridgehead atoms. The molecule has 0 aromatic carbocycles. The van der Waals surface area contributed by atoms with Crippen LogP contribution in [0.4, 0.5) is 0 Å². The average molecular weight is 242 g/mol. The maximum atomic E-state index is 6.60. The van der Waals surface area contributed by atoms with Crippen LogP contribution in [0.2, 0.25) is 19.1 Å². The van der Waals surface area contributed by atoms with E-state index in [0.29, 0.717) is 0 Å². The summed E-state index contributed by atoms with van der Waals surface area (Å²) in [7, 11) is -1.33. The molecule has 0 spiro atoms. The number of unbranched alkanes of at least 4 members (excludes halogenated alkanes) is 2. The highest BCUT2D eigenvalue weighted by Crippen LogP contribution is 2.40. The summed E-state index contributed by atoms with van der Waals surface area (Å²) in [6.07, 6.45) is 10.6. The van der Waals surface area contributed by atoms with Crippen molar-refractivity contribution < 1.29 is 4.43 Å². The zero-order valence-electron chi connectivity index (χ0n) is 11.8. The van der Waals surface area contributed by atoms with Gasteiger partial charge in [0.2, 0.25) is 0 Å². The molecule has 1 rings (SSSR count). The summed E-state index contributed by atoms with van der Waals surface area (Å²) in [6.45, 7) is 9.38. The van der Waals surface area contributed by atoms with E-state index in [0.717, 1.165) is 0 Å². The van der Waals surface area contributed by atoms with Gasteiger partial charge in [0.25, 0.3) is 0 Å². The Hall–Kier alpha value is 0.177. The third kappa shape index (κ3) is 4.21. The van der Waals surface area contributed by atoms with Gasteiger partial charge in [0.15, 0.2) is 8.32 Å². The average Bonchev–Trinajstić information content (AvgIpc) is 2.22. The lowest BCUT2D eigenvalue weighted by molar-refractivity contribution is 0.0137. The summed E-state index contributed by atoms with van der Waals surface area (Å²) < 4.78 is 6.60. The normalized spacial score (nSPS) is 23.2. The van der Waals surface area contributed by atoms with Gasteiger partial charge < -0.3 is 4.43 Å². The van der Waals surface area contributed by atoms with Gasteiger partial charge in [-0.1, -0.05) is 46.0 Å². The Morgan fingerprint density at radius 2 is 1.62 bits per heavy atom. The summed E-state index contributed by atoms with van der Waals surface area (Å²) in [4.78, 5) is 0. The van der Waals surface area contributed by atoms with Crippen LogP contribution in [-0.4, -0.2) is 13.9 Å². The lowest BCUT2D eigenvalue weighted by atomic mass is 9.87. The van der Waals surface area contributed by atoms with Crippen LogP contribution in [0.15, 0.2) is 0 Å². The van der Waals surface area contributed by atoms with E-state index in [-0.39, 0.29) is 5.60 Å². The Balaban J connectivity index is 2.61. The van der Waals surface area contributed by atoms with E-state index in [2.05, 4.69) is 26.9 Å². The summed E-state index contributed by atoms with van der Waals surface area (Å²) in [6, 6.07) is 1.37. The van der Waals surface area contributed by atoms with Crippen molar-refractivity contribution in [3.8, 4) is 0 Å². The summed E-state index contributed by atoms with van der Waals surface area (Å²) in [5.74, 6) is 0. The first-order chi connectivity index (χ1) is 7.54. The summed E-state index contributed by atoms with van der Waals surface area (Å²) in [5, 5.41) is 0. The van der Waals surface area contributed by atoms with Gasteiger partial charge >= 0.3 is 0 Å². The van der Waals surface area contributed by atoms with Gasteiger partial charge in [-0.2, -0.15) is 0 Å². The zero-order chi connectivity index (χ0) is 12.1. The number of hydrogen-bond donors (Lipinski definition) is 0. The largest absolute Gasteiger partial charge is 0.412 e. The minimum absolute atomic E-state index is 0.278. The molecule has 0 aromatic heterocycles. The Bertz CT molecular complexity index is 193. The van der Waals surface area contributed by atoms with Crippen LogP contribution in [0.3, 0.4) is 0 Å². The maximum absolute atomic E-state index is 6.60. The Kier molecular flexibility index (Phi) is 5.52. The van der Waals surface area contributed by atoms with Crippen molar-refractivity contribution in [2.45, 2.75) is 90.0 Å². The van der Waals surface area contributed by atoms with E-state index in [1.54, 1.807) is 0 Å². The van der Waals surface area contributed by atoms with E-state index >= 15 is 0 Å². The van der Waals surface area contributed by atoms with Crippen molar-refractivity contribution in [1.29, 1.82) is 0 Å². The van der Waals surface area contributed by atoms with E-state index in [9.17, 15) is 0 Å². The molecule has 0 aromatic rings. The molecule has 0 unspecified atom stereocenters. The van der Waals surface area contributed by atoms with Crippen molar-refractivity contribution in [2.75, 3.05) is 0 Å². The molecule has 1 aliphatic heterocycles. The minimum Gasteiger partial charge on any atom is -0.412 e. The van der Waals surface area contributed by atoms with E-state index < -0.39 is 8.32 Å². The van der Waals surface area contributed by atoms with Crippen LogP contribution < -0.4 is 0 Å². The third-order valence-electron chi connectivity index (χ3n) is 3.88. The summed E-state index contributed by atoms with van der Waals surface area (Å²) >= 11 is 0. The molecule has 0 saturated carbocycles. The molecule has 16 heavy (non-hydrogen) atoms. The van der Waals surface area contributed by atoms with Gasteiger partial charge in [0.05, 0.1) is 5.60 Å². The molecule has 0 N–H and O–H groups in total. The smallest absolute Gasteiger partial charge is 0.187 e. The maximum Gasteiger partial charge on any atom is 0.187 e. The van der Waals surface area contributed by atoms with Crippen LogP contribution in [0, 0.1) is 0 Å².